The molecular formula is C20H21NO4. The number of carboxylic acid groups (broad SMARTS) is 1. The minimum absolute atomic E-state index is 0.138. The van der Waals surface area contributed by atoms with E-state index in [2.05, 4.69) is 5.32 Å². The van der Waals surface area contributed by atoms with Crippen molar-refractivity contribution >= 4 is 17.6 Å². The Hall–Kier alpha value is -2.82. The number of anilines is 1. The molecule has 5 heteroatoms. The quantitative estimate of drug-likeness (QED) is 0.837. The zero-order valence-corrected chi connectivity index (χ0v) is 13.9. The van der Waals surface area contributed by atoms with E-state index >= 15 is 0 Å². The molecule has 130 valence electrons. The van der Waals surface area contributed by atoms with Crippen molar-refractivity contribution in [1.29, 1.82) is 0 Å². The molecule has 2 aromatic carbocycles. The zero-order valence-electron chi connectivity index (χ0n) is 13.9. The van der Waals surface area contributed by atoms with Crippen molar-refractivity contribution in [2.75, 3.05) is 5.32 Å². The average molecular weight is 339 g/mol. The third kappa shape index (κ3) is 4.59. The second-order valence-corrected chi connectivity index (χ2v) is 6.23. The van der Waals surface area contributed by atoms with E-state index in [0.29, 0.717) is 22.6 Å². The van der Waals surface area contributed by atoms with Gasteiger partial charge in [0.2, 0.25) is 0 Å². The zero-order chi connectivity index (χ0) is 17.6. The average Bonchev–Trinajstić information content (AvgIpc) is 3.09. The Morgan fingerprint density at radius 3 is 2.60 bits per heavy atom. The van der Waals surface area contributed by atoms with Gasteiger partial charge in [-0.3, -0.25) is 9.59 Å². The first kappa shape index (κ1) is 17.0. The Balaban J connectivity index is 1.72. The van der Waals surface area contributed by atoms with Crippen LogP contribution in [0.1, 0.15) is 41.6 Å². The molecule has 0 heterocycles. The molecule has 1 saturated carbocycles. The lowest BCUT2D eigenvalue weighted by Gasteiger charge is -2.14. The van der Waals surface area contributed by atoms with E-state index in [-0.39, 0.29) is 18.4 Å². The van der Waals surface area contributed by atoms with Gasteiger partial charge in [0, 0.05) is 11.3 Å². The Bertz CT molecular complexity index is 766. The van der Waals surface area contributed by atoms with Gasteiger partial charge in [-0.2, -0.15) is 0 Å². The molecule has 0 aromatic heterocycles. The molecule has 5 nitrogen and oxygen atoms in total. The van der Waals surface area contributed by atoms with Crippen molar-refractivity contribution in [2.45, 2.75) is 38.2 Å². The topological polar surface area (TPSA) is 75.6 Å². The monoisotopic (exact) mass is 339 g/mol. The smallest absolute Gasteiger partial charge is 0.307 e. The highest BCUT2D eigenvalue weighted by Gasteiger charge is 2.17. The minimum atomic E-state index is -0.936. The van der Waals surface area contributed by atoms with Crippen LogP contribution in [0.2, 0.25) is 0 Å². The van der Waals surface area contributed by atoms with E-state index in [9.17, 15) is 9.59 Å². The summed E-state index contributed by atoms with van der Waals surface area (Å²) in [4.78, 5) is 23.5. The highest BCUT2D eigenvalue weighted by molar-refractivity contribution is 6.05. The van der Waals surface area contributed by atoms with Crippen LogP contribution < -0.4 is 10.1 Å². The Morgan fingerprint density at radius 1 is 1.08 bits per heavy atom. The van der Waals surface area contributed by atoms with Crippen LogP contribution in [0.5, 0.6) is 5.75 Å². The van der Waals surface area contributed by atoms with Crippen molar-refractivity contribution in [3.8, 4) is 5.75 Å². The summed E-state index contributed by atoms with van der Waals surface area (Å²) in [5, 5.41) is 11.8. The van der Waals surface area contributed by atoms with E-state index in [1.807, 2.05) is 6.07 Å². The molecule has 3 rings (SSSR count). The van der Waals surface area contributed by atoms with E-state index < -0.39 is 5.97 Å². The summed E-state index contributed by atoms with van der Waals surface area (Å²) in [6, 6.07) is 14.0. The summed E-state index contributed by atoms with van der Waals surface area (Å²) in [5.74, 6) is -0.526. The highest BCUT2D eigenvalue weighted by atomic mass is 16.5. The van der Waals surface area contributed by atoms with Crippen LogP contribution in [0, 0.1) is 0 Å². The molecule has 0 radical (unpaired) electrons. The number of rotatable bonds is 6. The van der Waals surface area contributed by atoms with Gasteiger partial charge in [-0.05, 0) is 55.5 Å². The first-order valence-electron chi connectivity index (χ1n) is 8.49. The number of carboxylic acids is 1. The number of nitrogens with one attached hydrogen (secondary N) is 1. The lowest BCUT2D eigenvalue weighted by molar-refractivity contribution is -0.136. The lowest BCUT2D eigenvalue weighted by Crippen LogP contribution is -2.15. The van der Waals surface area contributed by atoms with E-state index in [1.165, 1.54) is 12.8 Å². The molecule has 0 aliphatic heterocycles. The van der Waals surface area contributed by atoms with Crippen molar-refractivity contribution in [3.05, 3.63) is 59.7 Å². The molecule has 0 bridgehead atoms. The molecule has 0 saturated heterocycles. The first-order chi connectivity index (χ1) is 12.1. The number of amides is 1. The Kier molecular flexibility index (Phi) is 5.33. The normalized spacial score (nSPS) is 14.2. The Labute approximate surface area is 146 Å². The van der Waals surface area contributed by atoms with Gasteiger partial charge in [0.15, 0.2) is 0 Å². The third-order valence-corrected chi connectivity index (χ3v) is 4.31. The maximum absolute atomic E-state index is 12.5. The van der Waals surface area contributed by atoms with Crippen LogP contribution in [-0.4, -0.2) is 23.1 Å². The second-order valence-electron chi connectivity index (χ2n) is 6.23. The largest absolute Gasteiger partial charge is 0.490 e. The molecule has 1 aliphatic carbocycles. The van der Waals surface area contributed by atoms with Gasteiger partial charge in [-0.25, -0.2) is 0 Å². The summed E-state index contributed by atoms with van der Waals surface area (Å²) < 4.78 is 5.93. The van der Waals surface area contributed by atoms with Crippen LogP contribution in [0.4, 0.5) is 5.69 Å². The van der Waals surface area contributed by atoms with Gasteiger partial charge in [0.25, 0.3) is 5.91 Å². The fourth-order valence-electron chi connectivity index (χ4n) is 3.06. The van der Waals surface area contributed by atoms with Crippen LogP contribution in [0.25, 0.3) is 0 Å². The fourth-order valence-corrected chi connectivity index (χ4v) is 3.06. The number of ether oxygens (including phenoxy) is 1. The van der Waals surface area contributed by atoms with Crippen LogP contribution in [0.3, 0.4) is 0 Å². The van der Waals surface area contributed by atoms with E-state index in [0.717, 1.165) is 12.8 Å². The molecule has 25 heavy (non-hydrogen) atoms. The van der Waals surface area contributed by atoms with Gasteiger partial charge in [0.1, 0.15) is 5.75 Å². The first-order valence-corrected chi connectivity index (χ1v) is 8.49. The van der Waals surface area contributed by atoms with Gasteiger partial charge in [0.05, 0.1) is 12.5 Å². The fraction of sp³-hybridized carbons (Fsp3) is 0.300. The van der Waals surface area contributed by atoms with Crippen LogP contribution >= 0.6 is 0 Å². The summed E-state index contributed by atoms with van der Waals surface area (Å²) in [5.41, 5.74) is 1.57. The summed E-state index contributed by atoms with van der Waals surface area (Å²) in [7, 11) is 0. The maximum atomic E-state index is 12.5. The predicted molar refractivity (Wildman–Crippen MR) is 95.1 cm³/mol. The molecule has 2 N–H and O–H groups in total. The Morgan fingerprint density at radius 2 is 1.84 bits per heavy atom. The molecule has 0 unspecified atom stereocenters. The number of hydrogen-bond acceptors (Lipinski definition) is 3. The maximum Gasteiger partial charge on any atom is 0.307 e. The van der Waals surface area contributed by atoms with Crippen molar-refractivity contribution < 1.29 is 19.4 Å². The van der Waals surface area contributed by atoms with Crippen molar-refractivity contribution in [2.24, 2.45) is 0 Å². The van der Waals surface area contributed by atoms with Gasteiger partial charge in [-0.15, -0.1) is 0 Å². The number of benzene rings is 2. The molecular weight excluding hydrogens is 318 g/mol. The number of carbonyl (C=O) groups excluding carboxylic acids is 1. The van der Waals surface area contributed by atoms with Gasteiger partial charge >= 0.3 is 5.97 Å². The SMILES string of the molecule is O=C(O)Cc1ccccc1NC(=O)c1cccc(OC2CCCC2)c1. The molecule has 0 spiro atoms. The molecule has 1 amide bonds. The number of aliphatic carboxylic acids is 1. The van der Waals surface area contributed by atoms with Crippen molar-refractivity contribution in [1.82, 2.24) is 0 Å². The van der Waals surface area contributed by atoms with Gasteiger partial charge in [-0.1, -0.05) is 24.3 Å². The summed E-state index contributed by atoms with van der Waals surface area (Å²) in [6.45, 7) is 0. The number of hydrogen-bond donors (Lipinski definition) is 2. The van der Waals surface area contributed by atoms with E-state index in [4.69, 9.17) is 9.84 Å². The predicted octanol–water partition coefficient (Wildman–Crippen LogP) is 3.89. The molecule has 1 fully saturated rings. The number of carbonyl (C=O) groups is 2. The lowest BCUT2D eigenvalue weighted by atomic mass is 10.1. The standard InChI is InChI=1S/C20H21NO4/c22-19(23)13-14-6-1-4-11-18(14)21-20(24)15-7-5-10-17(12-15)25-16-8-2-3-9-16/h1,4-7,10-12,16H,2-3,8-9,13H2,(H,21,24)(H,22,23). The second kappa shape index (κ2) is 7.83. The van der Waals surface area contributed by atoms with E-state index in [1.54, 1.807) is 42.5 Å². The highest BCUT2D eigenvalue weighted by Crippen LogP contribution is 2.25. The molecule has 2 aromatic rings. The van der Waals surface area contributed by atoms with Crippen LogP contribution in [0.15, 0.2) is 48.5 Å². The minimum Gasteiger partial charge on any atom is -0.490 e. The molecule has 0 atom stereocenters. The molecule has 1 aliphatic rings. The summed E-state index contributed by atoms with van der Waals surface area (Å²) in [6.07, 6.45) is 4.57. The summed E-state index contributed by atoms with van der Waals surface area (Å²) >= 11 is 0. The van der Waals surface area contributed by atoms with Crippen molar-refractivity contribution in [3.63, 3.8) is 0 Å². The third-order valence-electron chi connectivity index (χ3n) is 4.31. The van der Waals surface area contributed by atoms with Crippen LogP contribution in [-0.2, 0) is 11.2 Å². The number of para-hydroxylation sites is 1. The van der Waals surface area contributed by atoms with Gasteiger partial charge < -0.3 is 15.2 Å².